The molecule has 0 atom stereocenters. The van der Waals surface area contributed by atoms with E-state index in [1.54, 1.807) is 19.4 Å². The van der Waals surface area contributed by atoms with Crippen LogP contribution in [0.2, 0.25) is 0 Å². The van der Waals surface area contributed by atoms with Gasteiger partial charge in [0.25, 0.3) is 0 Å². The van der Waals surface area contributed by atoms with E-state index in [4.69, 9.17) is 9.47 Å². The maximum absolute atomic E-state index is 12.2. The third-order valence-electron chi connectivity index (χ3n) is 4.69. The topological polar surface area (TPSA) is 72.5 Å². The van der Waals surface area contributed by atoms with Gasteiger partial charge in [-0.3, -0.25) is 4.79 Å². The van der Waals surface area contributed by atoms with Gasteiger partial charge in [-0.2, -0.15) is 0 Å². The normalized spacial score (nSPS) is 10.7. The van der Waals surface area contributed by atoms with Crippen molar-refractivity contribution in [3.63, 3.8) is 0 Å². The molecule has 0 aliphatic carbocycles. The first-order valence-electron chi connectivity index (χ1n) is 10.7. The molecule has 0 spiro atoms. The van der Waals surface area contributed by atoms with Crippen LogP contribution in [0.3, 0.4) is 0 Å². The standard InChI is InChI=1S/C26H29N3O3/c1-3-18-32-24-12-6-20(7-13-24)8-15-26(30)29-22-9-14-25(28-19-22)27-17-16-21-4-10-23(31-2)11-5-21/h4-15,19H,3,16-18H2,1-2H3,(H,27,28)(H,29,30)/b15-8+. The maximum Gasteiger partial charge on any atom is 0.248 e. The Kier molecular flexibility index (Phi) is 8.69. The Labute approximate surface area is 189 Å². The predicted molar refractivity (Wildman–Crippen MR) is 129 cm³/mol. The molecule has 3 aromatic rings. The SMILES string of the molecule is CCCOc1ccc(/C=C/C(=O)Nc2ccc(NCCc3ccc(OC)cc3)nc2)cc1. The number of anilines is 2. The molecule has 6 nitrogen and oxygen atoms in total. The van der Waals surface area contributed by atoms with Crippen molar-refractivity contribution in [1.82, 2.24) is 4.98 Å². The highest BCUT2D eigenvalue weighted by molar-refractivity contribution is 6.01. The van der Waals surface area contributed by atoms with E-state index in [1.807, 2.05) is 48.5 Å². The van der Waals surface area contributed by atoms with Gasteiger partial charge in [-0.05, 0) is 66.4 Å². The molecular formula is C26H29N3O3. The van der Waals surface area contributed by atoms with Crippen LogP contribution in [0.1, 0.15) is 24.5 Å². The maximum atomic E-state index is 12.2. The molecule has 6 heteroatoms. The third-order valence-corrected chi connectivity index (χ3v) is 4.69. The van der Waals surface area contributed by atoms with Crippen LogP contribution < -0.4 is 20.1 Å². The molecule has 2 N–H and O–H groups in total. The Morgan fingerprint density at radius 1 is 1.00 bits per heavy atom. The first-order chi connectivity index (χ1) is 15.7. The number of carbonyl (C=O) groups is 1. The molecule has 0 unspecified atom stereocenters. The molecule has 0 saturated carbocycles. The van der Waals surface area contributed by atoms with Crippen molar-refractivity contribution in [1.29, 1.82) is 0 Å². The summed E-state index contributed by atoms with van der Waals surface area (Å²) in [4.78, 5) is 16.5. The van der Waals surface area contributed by atoms with Gasteiger partial charge in [0.2, 0.25) is 5.91 Å². The van der Waals surface area contributed by atoms with Gasteiger partial charge >= 0.3 is 0 Å². The second-order valence-corrected chi connectivity index (χ2v) is 7.20. The van der Waals surface area contributed by atoms with E-state index in [2.05, 4.69) is 34.7 Å². The number of methoxy groups -OCH3 is 1. The highest BCUT2D eigenvalue weighted by Gasteiger charge is 2.01. The van der Waals surface area contributed by atoms with Crippen molar-refractivity contribution in [2.24, 2.45) is 0 Å². The monoisotopic (exact) mass is 431 g/mol. The van der Waals surface area contributed by atoms with Gasteiger partial charge < -0.3 is 20.1 Å². The molecule has 1 aromatic heterocycles. The average Bonchev–Trinajstić information content (AvgIpc) is 2.83. The third kappa shape index (κ3) is 7.47. The van der Waals surface area contributed by atoms with E-state index >= 15 is 0 Å². The summed E-state index contributed by atoms with van der Waals surface area (Å²) in [6.45, 7) is 3.53. The first kappa shape index (κ1) is 22.9. The number of hydrogen-bond donors (Lipinski definition) is 2. The number of ether oxygens (including phenoxy) is 2. The molecule has 1 heterocycles. The van der Waals surface area contributed by atoms with Crippen molar-refractivity contribution < 1.29 is 14.3 Å². The highest BCUT2D eigenvalue weighted by Crippen LogP contribution is 2.15. The Balaban J connectivity index is 1.43. The number of pyridine rings is 1. The molecule has 0 aliphatic rings. The van der Waals surface area contributed by atoms with Crippen molar-refractivity contribution in [2.75, 3.05) is 30.9 Å². The number of benzene rings is 2. The number of rotatable bonds is 11. The molecule has 0 bridgehead atoms. The second kappa shape index (κ2) is 12.2. The van der Waals surface area contributed by atoms with E-state index in [9.17, 15) is 4.79 Å². The molecule has 0 radical (unpaired) electrons. The minimum absolute atomic E-state index is 0.210. The summed E-state index contributed by atoms with van der Waals surface area (Å²) in [5.74, 6) is 2.23. The minimum atomic E-state index is -0.210. The Morgan fingerprint density at radius 3 is 2.41 bits per heavy atom. The van der Waals surface area contributed by atoms with Crippen LogP contribution in [0.15, 0.2) is 72.9 Å². The Hall–Kier alpha value is -3.80. The van der Waals surface area contributed by atoms with Crippen LogP contribution in [0, 0.1) is 0 Å². The summed E-state index contributed by atoms with van der Waals surface area (Å²) in [5.41, 5.74) is 2.79. The number of nitrogens with zero attached hydrogens (tertiary/aromatic N) is 1. The molecular weight excluding hydrogens is 402 g/mol. The number of nitrogens with one attached hydrogen (secondary N) is 2. The van der Waals surface area contributed by atoms with Gasteiger partial charge in [0.05, 0.1) is 25.6 Å². The number of amides is 1. The quantitative estimate of drug-likeness (QED) is 0.409. The minimum Gasteiger partial charge on any atom is -0.497 e. The summed E-state index contributed by atoms with van der Waals surface area (Å²) in [5, 5.41) is 6.11. The van der Waals surface area contributed by atoms with E-state index in [1.165, 1.54) is 11.6 Å². The fourth-order valence-corrected chi connectivity index (χ4v) is 2.95. The van der Waals surface area contributed by atoms with E-state index in [0.29, 0.717) is 12.3 Å². The van der Waals surface area contributed by atoms with Crippen LogP contribution in [-0.2, 0) is 11.2 Å². The van der Waals surface area contributed by atoms with Gasteiger partial charge in [0.15, 0.2) is 0 Å². The molecule has 1 amide bonds. The molecule has 166 valence electrons. The number of carbonyl (C=O) groups excluding carboxylic acids is 1. The van der Waals surface area contributed by atoms with Crippen LogP contribution >= 0.6 is 0 Å². The lowest BCUT2D eigenvalue weighted by molar-refractivity contribution is -0.111. The smallest absolute Gasteiger partial charge is 0.248 e. The Morgan fingerprint density at radius 2 is 1.75 bits per heavy atom. The lowest BCUT2D eigenvalue weighted by Crippen LogP contribution is -2.09. The zero-order valence-corrected chi connectivity index (χ0v) is 18.5. The second-order valence-electron chi connectivity index (χ2n) is 7.20. The fraction of sp³-hybridized carbons (Fsp3) is 0.231. The summed E-state index contributed by atoms with van der Waals surface area (Å²) >= 11 is 0. The number of hydrogen-bond acceptors (Lipinski definition) is 5. The van der Waals surface area contributed by atoms with Crippen molar-refractivity contribution >= 4 is 23.5 Å². The van der Waals surface area contributed by atoms with Crippen LogP contribution in [0.5, 0.6) is 11.5 Å². The largest absolute Gasteiger partial charge is 0.497 e. The molecule has 32 heavy (non-hydrogen) atoms. The van der Waals surface area contributed by atoms with Gasteiger partial charge in [-0.1, -0.05) is 31.2 Å². The molecule has 0 aliphatic heterocycles. The number of aromatic nitrogens is 1. The average molecular weight is 432 g/mol. The van der Waals surface area contributed by atoms with Gasteiger partial charge in [-0.25, -0.2) is 4.98 Å². The van der Waals surface area contributed by atoms with Crippen LogP contribution in [0.4, 0.5) is 11.5 Å². The zero-order chi connectivity index (χ0) is 22.6. The lowest BCUT2D eigenvalue weighted by atomic mass is 10.1. The van der Waals surface area contributed by atoms with Gasteiger partial charge in [0.1, 0.15) is 17.3 Å². The van der Waals surface area contributed by atoms with Gasteiger partial charge in [0, 0.05) is 12.6 Å². The fourth-order valence-electron chi connectivity index (χ4n) is 2.95. The van der Waals surface area contributed by atoms with E-state index in [0.717, 1.165) is 42.3 Å². The zero-order valence-electron chi connectivity index (χ0n) is 18.5. The molecule has 2 aromatic carbocycles. The lowest BCUT2D eigenvalue weighted by Gasteiger charge is -2.08. The Bertz CT molecular complexity index is 998. The van der Waals surface area contributed by atoms with Crippen LogP contribution in [0.25, 0.3) is 6.08 Å². The highest BCUT2D eigenvalue weighted by atomic mass is 16.5. The summed E-state index contributed by atoms with van der Waals surface area (Å²) in [6.07, 6.45) is 6.75. The first-order valence-corrected chi connectivity index (χ1v) is 10.7. The van der Waals surface area contributed by atoms with Crippen molar-refractivity contribution in [2.45, 2.75) is 19.8 Å². The molecule has 3 rings (SSSR count). The van der Waals surface area contributed by atoms with Crippen LogP contribution in [-0.4, -0.2) is 31.2 Å². The summed E-state index contributed by atoms with van der Waals surface area (Å²) < 4.78 is 10.7. The summed E-state index contributed by atoms with van der Waals surface area (Å²) in [6, 6.07) is 19.3. The van der Waals surface area contributed by atoms with Gasteiger partial charge in [-0.15, -0.1) is 0 Å². The van der Waals surface area contributed by atoms with E-state index in [-0.39, 0.29) is 5.91 Å². The molecule has 0 saturated heterocycles. The van der Waals surface area contributed by atoms with E-state index < -0.39 is 0 Å². The van der Waals surface area contributed by atoms with Crippen molar-refractivity contribution in [3.05, 3.63) is 84.1 Å². The predicted octanol–water partition coefficient (Wildman–Crippen LogP) is 5.19. The molecule has 0 fully saturated rings. The van der Waals surface area contributed by atoms with Crippen molar-refractivity contribution in [3.8, 4) is 11.5 Å². The summed E-state index contributed by atoms with van der Waals surface area (Å²) in [7, 11) is 1.66.